The first-order valence-corrected chi connectivity index (χ1v) is 18.1. The summed E-state index contributed by atoms with van der Waals surface area (Å²) in [5.74, 6) is 1.40. The first-order chi connectivity index (χ1) is 23.6. The number of carbonyl (C=O) groups excluding carboxylic acids is 1. The maximum absolute atomic E-state index is 14.3. The smallest absolute Gasteiger partial charge is 0.268 e. The number of sulfonamides is 1. The van der Waals surface area contributed by atoms with Gasteiger partial charge in [-0.1, -0.05) is 61.8 Å². The highest BCUT2D eigenvalue weighted by molar-refractivity contribution is 7.93. The second-order valence-corrected chi connectivity index (χ2v) is 13.9. The standard InChI is InChI=1S/C37H45N5O6S/c1-7-10-15-34-39-37(8-2,30-18-20-38-21-19-30)36(43)41(34)23-28-16-17-31(29(22-28)24-47-9-3)32-13-11-12-14-33(32)49(44,45)42(25-46-6)35-26(4)27(5)48-40-35/h11-14,16-22H,7-10,15,23-25H2,1-6H3. The first-order valence-electron chi connectivity index (χ1n) is 16.7. The second kappa shape index (κ2) is 15.4. The lowest BCUT2D eigenvalue weighted by molar-refractivity contribution is -0.132. The molecule has 12 heteroatoms. The molecule has 1 atom stereocenters. The molecule has 0 spiro atoms. The van der Waals surface area contributed by atoms with E-state index in [2.05, 4.69) is 17.1 Å². The van der Waals surface area contributed by atoms with E-state index in [9.17, 15) is 13.2 Å². The molecule has 1 amide bonds. The van der Waals surface area contributed by atoms with Crippen molar-refractivity contribution < 1.29 is 27.2 Å². The number of amidine groups is 1. The molecule has 2 aromatic carbocycles. The van der Waals surface area contributed by atoms with Gasteiger partial charge in [0.2, 0.25) is 0 Å². The van der Waals surface area contributed by atoms with Crippen molar-refractivity contribution in [1.29, 1.82) is 0 Å². The molecule has 260 valence electrons. The molecule has 0 saturated carbocycles. The minimum atomic E-state index is -4.16. The van der Waals surface area contributed by atoms with E-state index in [1.807, 2.05) is 55.1 Å². The number of hydrogen-bond donors (Lipinski definition) is 0. The van der Waals surface area contributed by atoms with Crippen LogP contribution in [0.15, 0.2) is 81.4 Å². The van der Waals surface area contributed by atoms with Crippen LogP contribution in [0, 0.1) is 13.8 Å². The number of ether oxygens (including phenoxy) is 2. The number of nitrogens with zero attached hydrogens (tertiary/aromatic N) is 5. The quantitative estimate of drug-likeness (QED) is 0.116. The Kier molecular flexibility index (Phi) is 11.3. The second-order valence-electron chi connectivity index (χ2n) is 12.1. The van der Waals surface area contributed by atoms with Gasteiger partial charge in [-0.3, -0.25) is 19.7 Å². The van der Waals surface area contributed by atoms with Crippen LogP contribution in [0.3, 0.4) is 0 Å². The number of amides is 1. The van der Waals surface area contributed by atoms with Crippen molar-refractivity contribution in [3.05, 3.63) is 95.0 Å². The molecule has 1 aliphatic heterocycles. The molecule has 11 nitrogen and oxygen atoms in total. The lowest BCUT2D eigenvalue weighted by Gasteiger charge is -2.26. The Morgan fingerprint density at radius 3 is 2.41 bits per heavy atom. The van der Waals surface area contributed by atoms with E-state index in [1.54, 1.807) is 44.4 Å². The van der Waals surface area contributed by atoms with Gasteiger partial charge in [-0.25, -0.2) is 12.7 Å². The molecule has 49 heavy (non-hydrogen) atoms. The zero-order valence-corrected chi connectivity index (χ0v) is 29.9. The molecular weight excluding hydrogens is 643 g/mol. The van der Waals surface area contributed by atoms with Gasteiger partial charge in [0, 0.05) is 43.7 Å². The molecule has 1 aliphatic rings. The van der Waals surface area contributed by atoms with Crippen molar-refractivity contribution in [2.24, 2.45) is 4.99 Å². The SMILES string of the molecule is CCCCC1=NC(CC)(c2ccncc2)C(=O)N1Cc1ccc(-c2ccccc2S(=O)(=O)N(COC)c2noc(C)c2C)c(COCC)c1. The van der Waals surface area contributed by atoms with Gasteiger partial charge in [0.1, 0.15) is 18.3 Å². The van der Waals surface area contributed by atoms with Crippen molar-refractivity contribution in [3.63, 3.8) is 0 Å². The molecule has 1 unspecified atom stereocenters. The highest BCUT2D eigenvalue weighted by Gasteiger charge is 2.48. The Morgan fingerprint density at radius 2 is 1.76 bits per heavy atom. The third kappa shape index (κ3) is 7.03. The maximum atomic E-state index is 14.3. The van der Waals surface area contributed by atoms with Gasteiger partial charge in [-0.15, -0.1) is 0 Å². The minimum Gasteiger partial charge on any atom is -0.377 e. The predicted octanol–water partition coefficient (Wildman–Crippen LogP) is 6.93. The van der Waals surface area contributed by atoms with E-state index in [0.717, 1.165) is 39.7 Å². The zero-order chi connectivity index (χ0) is 35.2. The number of pyridine rings is 1. The molecule has 0 N–H and O–H groups in total. The minimum absolute atomic E-state index is 0.0594. The average molecular weight is 688 g/mol. The van der Waals surface area contributed by atoms with Crippen LogP contribution in [0.2, 0.25) is 0 Å². The van der Waals surface area contributed by atoms with Crippen LogP contribution in [-0.2, 0) is 43.0 Å². The highest BCUT2D eigenvalue weighted by Crippen LogP contribution is 2.39. The summed E-state index contributed by atoms with van der Waals surface area (Å²) in [7, 11) is -2.73. The number of aliphatic imine (C=N–C) groups is 1. The molecule has 0 bridgehead atoms. The number of rotatable bonds is 16. The molecule has 0 radical (unpaired) electrons. The summed E-state index contributed by atoms with van der Waals surface area (Å²) in [5, 5.41) is 4.04. The maximum Gasteiger partial charge on any atom is 0.268 e. The lowest BCUT2D eigenvalue weighted by Crippen LogP contribution is -2.40. The van der Waals surface area contributed by atoms with Gasteiger partial charge in [0.25, 0.3) is 15.9 Å². The van der Waals surface area contributed by atoms with Gasteiger partial charge >= 0.3 is 0 Å². The van der Waals surface area contributed by atoms with Crippen molar-refractivity contribution in [2.45, 2.75) is 83.9 Å². The number of anilines is 1. The van der Waals surface area contributed by atoms with Gasteiger partial charge < -0.3 is 14.0 Å². The fraction of sp³-hybridized carbons (Fsp3) is 0.405. The van der Waals surface area contributed by atoms with Crippen LogP contribution in [0.25, 0.3) is 11.1 Å². The van der Waals surface area contributed by atoms with E-state index in [0.29, 0.717) is 48.4 Å². The van der Waals surface area contributed by atoms with Crippen molar-refractivity contribution in [1.82, 2.24) is 15.0 Å². The molecule has 2 aromatic heterocycles. The predicted molar refractivity (Wildman–Crippen MR) is 188 cm³/mol. The van der Waals surface area contributed by atoms with E-state index in [4.69, 9.17) is 19.0 Å². The summed E-state index contributed by atoms with van der Waals surface area (Å²) in [6.07, 6.45) is 6.49. The average Bonchev–Trinajstić information content (AvgIpc) is 3.59. The van der Waals surface area contributed by atoms with Crippen LogP contribution in [0.1, 0.15) is 74.5 Å². The summed E-state index contributed by atoms with van der Waals surface area (Å²) in [4.78, 5) is 25.4. The van der Waals surface area contributed by atoms with Crippen molar-refractivity contribution in [3.8, 4) is 11.1 Å². The zero-order valence-electron chi connectivity index (χ0n) is 29.1. The van der Waals surface area contributed by atoms with Crippen LogP contribution < -0.4 is 4.31 Å². The van der Waals surface area contributed by atoms with Crippen molar-refractivity contribution >= 4 is 27.6 Å². The summed E-state index contributed by atoms with van der Waals surface area (Å²) in [6.45, 7) is 10.3. The fourth-order valence-corrected chi connectivity index (χ4v) is 7.75. The van der Waals surface area contributed by atoms with Gasteiger partial charge in [-0.2, -0.15) is 0 Å². The Balaban J connectivity index is 1.55. The van der Waals surface area contributed by atoms with E-state index in [1.165, 1.54) is 7.11 Å². The topological polar surface area (TPSA) is 127 Å². The van der Waals surface area contributed by atoms with Crippen LogP contribution in [0.5, 0.6) is 0 Å². The van der Waals surface area contributed by atoms with Crippen LogP contribution in [-0.4, -0.2) is 55.6 Å². The largest absolute Gasteiger partial charge is 0.377 e. The summed E-state index contributed by atoms with van der Waals surface area (Å²) in [5.41, 5.74) is 3.32. The Bertz CT molecular complexity index is 1910. The molecule has 0 fully saturated rings. The third-order valence-electron chi connectivity index (χ3n) is 8.99. The number of unbranched alkanes of at least 4 members (excludes halogenated alkanes) is 1. The Hall–Kier alpha value is -4.39. The number of benzene rings is 2. The van der Waals surface area contributed by atoms with Crippen molar-refractivity contribution in [2.75, 3.05) is 24.8 Å². The summed E-state index contributed by atoms with van der Waals surface area (Å²) < 4.78 is 46.3. The van der Waals surface area contributed by atoms with E-state index >= 15 is 0 Å². The number of carbonyl (C=O) groups is 1. The summed E-state index contributed by atoms with van der Waals surface area (Å²) in [6, 6.07) is 16.4. The lowest BCUT2D eigenvalue weighted by atomic mass is 9.88. The van der Waals surface area contributed by atoms with Crippen LogP contribution >= 0.6 is 0 Å². The highest BCUT2D eigenvalue weighted by atomic mass is 32.2. The Labute approximate surface area is 289 Å². The molecule has 4 aromatic rings. The molecule has 0 aliphatic carbocycles. The molecular formula is C37H45N5O6S. The monoisotopic (exact) mass is 687 g/mol. The van der Waals surface area contributed by atoms with Gasteiger partial charge in [0.15, 0.2) is 11.4 Å². The van der Waals surface area contributed by atoms with Gasteiger partial charge in [-0.05, 0) is 74.1 Å². The number of aryl methyl sites for hydroxylation is 1. The fourth-order valence-electron chi connectivity index (χ4n) is 6.16. The first kappa shape index (κ1) is 35.9. The molecule has 3 heterocycles. The Morgan fingerprint density at radius 1 is 1.00 bits per heavy atom. The number of aromatic nitrogens is 2. The molecule has 0 saturated heterocycles. The van der Waals surface area contributed by atoms with Crippen LogP contribution in [0.4, 0.5) is 5.82 Å². The van der Waals surface area contributed by atoms with E-state index < -0.39 is 15.6 Å². The molecule has 5 rings (SSSR count). The normalized spacial score (nSPS) is 16.3. The third-order valence-corrected chi connectivity index (χ3v) is 10.8. The summed E-state index contributed by atoms with van der Waals surface area (Å²) >= 11 is 0. The number of hydrogen-bond acceptors (Lipinski definition) is 9. The number of methoxy groups -OCH3 is 1. The van der Waals surface area contributed by atoms with E-state index in [-0.39, 0.29) is 30.0 Å². The van der Waals surface area contributed by atoms with Gasteiger partial charge in [0.05, 0.1) is 18.0 Å².